The molecular formula is C21H22F3N5O. The maximum absolute atomic E-state index is 13.5. The molecule has 3 aromatic rings. The summed E-state index contributed by atoms with van der Waals surface area (Å²) >= 11 is 0. The van der Waals surface area contributed by atoms with Crippen molar-refractivity contribution in [1.29, 1.82) is 0 Å². The molecular weight excluding hydrogens is 395 g/mol. The number of furan rings is 1. The Hall–Kier alpha value is -3.23. The van der Waals surface area contributed by atoms with E-state index >= 15 is 0 Å². The van der Waals surface area contributed by atoms with Crippen LogP contribution in [0.15, 0.2) is 57.3 Å². The van der Waals surface area contributed by atoms with Crippen molar-refractivity contribution in [2.24, 2.45) is 10.4 Å². The van der Waals surface area contributed by atoms with Crippen LogP contribution < -0.4 is 16.2 Å². The first-order valence-electron chi connectivity index (χ1n) is 9.76. The van der Waals surface area contributed by atoms with Crippen molar-refractivity contribution < 1.29 is 17.6 Å². The molecule has 0 fully saturated rings. The van der Waals surface area contributed by atoms with Crippen molar-refractivity contribution in [3.63, 3.8) is 0 Å². The number of hydrogen-bond acceptors (Lipinski definition) is 6. The summed E-state index contributed by atoms with van der Waals surface area (Å²) in [6, 6.07) is 11.8. The average molecular weight is 417 g/mol. The SMILES string of the molecule is CCCc1ccc(NC(C)c2ccc3oc(C4NN=NN4)cc3c2)cc1C(F)(F)F. The number of halogens is 3. The quantitative estimate of drug-likeness (QED) is 0.456. The fraction of sp³-hybridized carbons (Fsp3) is 0.333. The molecule has 0 amide bonds. The number of benzene rings is 2. The molecule has 2 heterocycles. The van der Waals surface area contributed by atoms with E-state index in [4.69, 9.17) is 4.42 Å². The zero-order valence-electron chi connectivity index (χ0n) is 16.5. The highest BCUT2D eigenvalue weighted by atomic mass is 19.4. The number of alkyl halides is 3. The largest absolute Gasteiger partial charge is 0.457 e. The number of nitrogens with zero attached hydrogens (tertiary/aromatic N) is 2. The molecule has 6 nitrogen and oxygen atoms in total. The van der Waals surface area contributed by atoms with Gasteiger partial charge < -0.3 is 9.73 Å². The molecule has 2 aromatic carbocycles. The van der Waals surface area contributed by atoms with E-state index in [-0.39, 0.29) is 12.2 Å². The van der Waals surface area contributed by atoms with E-state index in [1.165, 1.54) is 6.07 Å². The van der Waals surface area contributed by atoms with Crippen molar-refractivity contribution in [2.75, 3.05) is 5.32 Å². The standard InChI is InChI=1S/C21H22F3N5O/c1-3-4-13-5-7-16(11-17(13)21(22,23)24)25-12(2)14-6-8-18-15(9-14)10-19(30-18)20-26-28-29-27-20/h5-12,20,25H,3-4H2,1-2H3,(H,26,29)(H,27,28). The van der Waals surface area contributed by atoms with Crippen molar-refractivity contribution in [1.82, 2.24) is 10.9 Å². The molecule has 0 bridgehead atoms. The molecule has 30 heavy (non-hydrogen) atoms. The van der Waals surface area contributed by atoms with E-state index in [1.54, 1.807) is 12.1 Å². The molecule has 1 aliphatic rings. The molecule has 9 heteroatoms. The predicted octanol–water partition coefficient (Wildman–Crippen LogP) is 6.05. The molecule has 3 N–H and O–H groups in total. The summed E-state index contributed by atoms with van der Waals surface area (Å²) in [4.78, 5) is 0. The fourth-order valence-electron chi connectivity index (χ4n) is 3.57. The minimum Gasteiger partial charge on any atom is -0.457 e. The van der Waals surface area contributed by atoms with Crippen molar-refractivity contribution in [3.8, 4) is 0 Å². The number of nitrogens with one attached hydrogen (secondary N) is 3. The Bertz CT molecular complexity index is 1070. The van der Waals surface area contributed by atoms with Crippen LogP contribution in [0, 0.1) is 0 Å². The number of fused-ring (bicyclic) bond motifs is 1. The topological polar surface area (TPSA) is 74.0 Å². The Morgan fingerprint density at radius 1 is 1.10 bits per heavy atom. The van der Waals surface area contributed by atoms with Crippen LogP contribution in [0.5, 0.6) is 0 Å². The van der Waals surface area contributed by atoms with Gasteiger partial charge in [-0.2, -0.15) is 13.2 Å². The van der Waals surface area contributed by atoms with Crippen LogP contribution in [0.1, 0.15) is 54.9 Å². The van der Waals surface area contributed by atoms with Crippen molar-refractivity contribution in [2.45, 2.75) is 45.1 Å². The maximum atomic E-state index is 13.5. The van der Waals surface area contributed by atoms with Crippen LogP contribution in [-0.2, 0) is 12.6 Å². The molecule has 0 spiro atoms. The minimum atomic E-state index is -4.38. The van der Waals surface area contributed by atoms with Crippen LogP contribution in [0.4, 0.5) is 18.9 Å². The maximum Gasteiger partial charge on any atom is 0.416 e. The third kappa shape index (κ3) is 4.05. The minimum absolute atomic E-state index is 0.196. The Morgan fingerprint density at radius 2 is 1.87 bits per heavy atom. The van der Waals surface area contributed by atoms with Crippen LogP contribution in [0.2, 0.25) is 0 Å². The van der Waals surface area contributed by atoms with Gasteiger partial charge in [-0.1, -0.05) is 35.9 Å². The second kappa shape index (κ2) is 7.89. The number of anilines is 1. The van der Waals surface area contributed by atoms with E-state index in [0.717, 1.165) is 10.9 Å². The summed E-state index contributed by atoms with van der Waals surface area (Å²) in [7, 11) is 0. The fourth-order valence-corrected chi connectivity index (χ4v) is 3.57. The van der Waals surface area contributed by atoms with Crippen LogP contribution in [0.3, 0.4) is 0 Å². The van der Waals surface area contributed by atoms with Gasteiger partial charge in [0.15, 0.2) is 11.9 Å². The normalized spacial score (nSPS) is 15.2. The van der Waals surface area contributed by atoms with E-state index < -0.39 is 11.7 Å². The predicted molar refractivity (Wildman–Crippen MR) is 108 cm³/mol. The van der Waals surface area contributed by atoms with Crippen LogP contribution in [-0.4, -0.2) is 0 Å². The van der Waals surface area contributed by atoms with Crippen LogP contribution >= 0.6 is 0 Å². The highest BCUT2D eigenvalue weighted by Crippen LogP contribution is 2.35. The molecule has 1 aliphatic heterocycles. The monoisotopic (exact) mass is 417 g/mol. The van der Waals surface area contributed by atoms with E-state index in [9.17, 15) is 13.2 Å². The van der Waals surface area contributed by atoms with Crippen molar-refractivity contribution >= 4 is 16.7 Å². The lowest BCUT2D eigenvalue weighted by atomic mass is 10.0. The van der Waals surface area contributed by atoms with Crippen molar-refractivity contribution in [3.05, 3.63) is 64.9 Å². The van der Waals surface area contributed by atoms with Gasteiger partial charge in [0.2, 0.25) is 0 Å². The first-order valence-corrected chi connectivity index (χ1v) is 9.76. The van der Waals surface area contributed by atoms with Gasteiger partial charge in [-0.25, -0.2) is 0 Å². The Morgan fingerprint density at radius 3 is 2.57 bits per heavy atom. The highest BCUT2D eigenvalue weighted by molar-refractivity contribution is 5.79. The van der Waals surface area contributed by atoms with Crippen LogP contribution in [0.25, 0.3) is 11.0 Å². The van der Waals surface area contributed by atoms with Gasteiger partial charge in [-0.3, -0.25) is 10.9 Å². The molecule has 0 radical (unpaired) electrons. The second-order valence-electron chi connectivity index (χ2n) is 7.32. The summed E-state index contributed by atoms with van der Waals surface area (Å²) in [5.41, 5.74) is 7.39. The summed E-state index contributed by atoms with van der Waals surface area (Å²) in [5.74, 6) is 0.647. The Kier molecular flexibility index (Phi) is 5.27. The smallest absolute Gasteiger partial charge is 0.416 e. The lowest BCUT2D eigenvalue weighted by Gasteiger charge is -2.19. The first-order chi connectivity index (χ1) is 14.3. The molecule has 1 unspecified atom stereocenters. The lowest BCUT2D eigenvalue weighted by Crippen LogP contribution is -2.19. The number of rotatable bonds is 6. The zero-order chi connectivity index (χ0) is 21.3. The Labute approximate surface area is 171 Å². The van der Waals surface area contributed by atoms with E-state index in [0.29, 0.717) is 35.4 Å². The zero-order valence-corrected chi connectivity index (χ0v) is 16.5. The molecule has 0 saturated heterocycles. The lowest BCUT2D eigenvalue weighted by molar-refractivity contribution is -0.138. The third-order valence-corrected chi connectivity index (χ3v) is 5.09. The summed E-state index contributed by atoms with van der Waals surface area (Å²) < 4.78 is 46.2. The number of aryl methyl sites for hydroxylation is 1. The molecule has 0 aliphatic carbocycles. The van der Waals surface area contributed by atoms with Gasteiger partial charge >= 0.3 is 6.18 Å². The van der Waals surface area contributed by atoms with Gasteiger partial charge in [0.05, 0.1) is 5.56 Å². The highest BCUT2D eigenvalue weighted by Gasteiger charge is 2.33. The summed E-state index contributed by atoms with van der Waals surface area (Å²) in [6.07, 6.45) is -3.64. The van der Waals surface area contributed by atoms with Gasteiger partial charge in [-0.05, 0) is 54.8 Å². The molecule has 0 saturated carbocycles. The average Bonchev–Trinajstić information content (AvgIpc) is 3.37. The first kappa shape index (κ1) is 20.1. The van der Waals surface area contributed by atoms with Gasteiger partial charge in [0.1, 0.15) is 5.58 Å². The summed E-state index contributed by atoms with van der Waals surface area (Å²) in [6.45, 7) is 3.78. The third-order valence-electron chi connectivity index (χ3n) is 5.09. The molecule has 1 atom stereocenters. The Balaban J connectivity index is 1.55. The molecule has 1 aromatic heterocycles. The summed E-state index contributed by atoms with van der Waals surface area (Å²) in [5, 5.41) is 11.4. The van der Waals surface area contributed by atoms with Gasteiger partial charge in [0.25, 0.3) is 0 Å². The van der Waals surface area contributed by atoms with E-state index in [1.807, 2.05) is 38.1 Å². The molecule has 158 valence electrons. The van der Waals surface area contributed by atoms with Gasteiger partial charge in [-0.15, -0.1) is 0 Å². The molecule has 4 rings (SSSR count). The number of hydrogen-bond donors (Lipinski definition) is 3. The second-order valence-corrected chi connectivity index (χ2v) is 7.32. The van der Waals surface area contributed by atoms with Gasteiger partial charge in [0, 0.05) is 17.1 Å². The van der Waals surface area contributed by atoms with E-state index in [2.05, 4.69) is 26.6 Å².